The van der Waals surface area contributed by atoms with Crippen LogP contribution in [0.4, 0.5) is 5.69 Å². The summed E-state index contributed by atoms with van der Waals surface area (Å²) in [5, 5.41) is 3.42. The van der Waals surface area contributed by atoms with Gasteiger partial charge >= 0.3 is 0 Å². The summed E-state index contributed by atoms with van der Waals surface area (Å²) in [6.45, 7) is 8.98. The van der Waals surface area contributed by atoms with Crippen LogP contribution in [0.3, 0.4) is 0 Å². The normalized spacial score (nSPS) is 20.2. The SMILES string of the molecule is CCCNc1ccnc(CN2CCC(CC)C2)c1. The highest BCUT2D eigenvalue weighted by Crippen LogP contribution is 2.21. The molecule has 0 bridgehead atoms. The molecule has 1 aliphatic heterocycles. The lowest BCUT2D eigenvalue weighted by Crippen LogP contribution is -2.20. The Kier molecular flexibility index (Phi) is 5.00. The maximum Gasteiger partial charge on any atom is 0.0564 e. The molecule has 1 N–H and O–H groups in total. The summed E-state index contributed by atoms with van der Waals surface area (Å²) in [4.78, 5) is 7.01. The van der Waals surface area contributed by atoms with E-state index < -0.39 is 0 Å². The summed E-state index contributed by atoms with van der Waals surface area (Å²) in [7, 11) is 0. The third-order valence-electron chi connectivity index (χ3n) is 3.73. The number of rotatable bonds is 6. The van der Waals surface area contributed by atoms with E-state index in [0.29, 0.717) is 0 Å². The van der Waals surface area contributed by atoms with E-state index in [-0.39, 0.29) is 0 Å². The molecule has 0 aromatic carbocycles. The van der Waals surface area contributed by atoms with Crippen LogP contribution in [0, 0.1) is 5.92 Å². The molecule has 0 saturated carbocycles. The van der Waals surface area contributed by atoms with Crippen molar-refractivity contribution in [2.45, 2.75) is 39.7 Å². The number of nitrogens with one attached hydrogen (secondary N) is 1. The molecule has 1 fully saturated rings. The van der Waals surface area contributed by atoms with Crippen LogP contribution in [0.15, 0.2) is 18.3 Å². The minimum absolute atomic E-state index is 0.895. The first-order valence-electron chi connectivity index (χ1n) is 7.23. The number of nitrogens with zero attached hydrogens (tertiary/aromatic N) is 2. The molecule has 0 aliphatic carbocycles. The van der Waals surface area contributed by atoms with Crippen molar-refractivity contribution in [1.82, 2.24) is 9.88 Å². The van der Waals surface area contributed by atoms with Gasteiger partial charge in [0.05, 0.1) is 5.69 Å². The molecule has 3 nitrogen and oxygen atoms in total. The van der Waals surface area contributed by atoms with Gasteiger partial charge in [-0.3, -0.25) is 9.88 Å². The quantitative estimate of drug-likeness (QED) is 0.837. The van der Waals surface area contributed by atoms with Crippen molar-refractivity contribution in [1.29, 1.82) is 0 Å². The zero-order valence-electron chi connectivity index (χ0n) is 11.7. The van der Waals surface area contributed by atoms with Gasteiger partial charge in [-0.2, -0.15) is 0 Å². The maximum atomic E-state index is 4.48. The smallest absolute Gasteiger partial charge is 0.0564 e. The summed E-state index contributed by atoms with van der Waals surface area (Å²) in [6, 6.07) is 4.24. The van der Waals surface area contributed by atoms with E-state index in [1.165, 1.54) is 37.3 Å². The fraction of sp³-hybridized carbons (Fsp3) is 0.667. The number of hydrogen-bond donors (Lipinski definition) is 1. The number of aromatic nitrogens is 1. The molecular formula is C15H25N3. The van der Waals surface area contributed by atoms with Gasteiger partial charge in [0.15, 0.2) is 0 Å². The molecule has 2 rings (SSSR count). The summed E-state index contributed by atoms with van der Waals surface area (Å²) in [5.41, 5.74) is 2.39. The number of pyridine rings is 1. The molecule has 3 heteroatoms. The molecule has 1 aliphatic rings. The standard InChI is InChI=1S/C15H25N3/c1-3-7-16-14-5-8-17-15(10-14)12-18-9-6-13(4-2)11-18/h5,8,10,13H,3-4,6-7,9,11-12H2,1-2H3,(H,16,17). The van der Waals surface area contributed by atoms with Gasteiger partial charge in [-0.25, -0.2) is 0 Å². The van der Waals surface area contributed by atoms with Gasteiger partial charge in [-0.05, 0) is 37.4 Å². The fourth-order valence-electron chi connectivity index (χ4n) is 2.56. The lowest BCUT2D eigenvalue weighted by atomic mass is 10.1. The van der Waals surface area contributed by atoms with Crippen LogP contribution in [-0.2, 0) is 6.54 Å². The van der Waals surface area contributed by atoms with Crippen molar-refractivity contribution in [2.24, 2.45) is 5.92 Å². The van der Waals surface area contributed by atoms with Crippen LogP contribution >= 0.6 is 0 Å². The first-order chi connectivity index (χ1) is 8.81. The Hall–Kier alpha value is -1.09. The van der Waals surface area contributed by atoms with Crippen LogP contribution in [0.5, 0.6) is 0 Å². The van der Waals surface area contributed by atoms with Gasteiger partial charge in [0.2, 0.25) is 0 Å². The first-order valence-corrected chi connectivity index (χ1v) is 7.23. The van der Waals surface area contributed by atoms with E-state index in [9.17, 15) is 0 Å². The Bertz CT molecular complexity index is 365. The monoisotopic (exact) mass is 247 g/mol. The highest BCUT2D eigenvalue weighted by atomic mass is 15.1. The van der Waals surface area contributed by atoms with E-state index >= 15 is 0 Å². The Labute approximate surface area is 111 Å². The topological polar surface area (TPSA) is 28.2 Å². The van der Waals surface area contributed by atoms with Gasteiger partial charge in [0, 0.05) is 31.5 Å². The van der Waals surface area contributed by atoms with E-state index in [4.69, 9.17) is 0 Å². The number of likely N-dealkylation sites (tertiary alicyclic amines) is 1. The van der Waals surface area contributed by atoms with Crippen molar-refractivity contribution >= 4 is 5.69 Å². The van der Waals surface area contributed by atoms with Crippen LogP contribution in [0.25, 0.3) is 0 Å². The van der Waals surface area contributed by atoms with Crippen molar-refractivity contribution in [3.63, 3.8) is 0 Å². The zero-order chi connectivity index (χ0) is 12.8. The van der Waals surface area contributed by atoms with Crippen LogP contribution < -0.4 is 5.32 Å². The van der Waals surface area contributed by atoms with Crippen LogP contribution in [0.1, 0.15) is 38.8 Å². The molecular weight excluding hydrogens is 222 g/mol. The molecule has 1 unspecified atom stereocenters. The lowest BCUT2D eigenvalue weighted by Gasteiger charge is -2.15. The van der Waals surface area contributed by atoms with Gasteiger partial charge in [0.1, 0.15) is 0 Å². The van der Waals surface area contributed by atoms with E-state index in [1.54, 1.807) is 0 Å². The second-order valence-electron chi connectivity index (χ2n) is 5.26. The second kappa shape index (κ2) is 6.74. The average Bonchev–Trinajstić information content (AvgIpc) is 2.84. The highest BCUT2D eigenvalue weighted by Gasteiger charge is 2.20. The molecule has 0 amide bonds. The van der Waals surface area contributed by atoms with Crippen molar-refractivity contribution in [2.75, 3.05) is 25.0 Å². The highest BCUT2D eigenvalue weighted by molar-refractivity contribution is 5.43. The minimum Gasteiger partial charge on any atom is -0.385 e. The molecule has 2 heterocycles. The molecule has 0 radical (unpaired) electrons. The molecule has 1 aromatic rings. The second-order valence-corrected chi connectivity index (χ2v) is 5.26. The molecule has 1 saturated heterocycles. The lowest BCUT2D eigenvalue weighted by molar-refractivity contribution is 0.311. The third-order valence-corrected chi connectivity index (χ3v) is 3.73. The third kappa shape index (κ3) is 3.70. The molecule has 1 aromatic heterocycles. The number of anilines is 1. The summed E-state index contributed by atoms with van der Waals surface area (Å²) < 4.78 is 0. The molecule has 100 valence electrons. The number of hydrogen-bond acceptors (Lipinski definition) is 3. The fourth-order valence-corrected chi connectivity index (χ4v) is 2.56. The van der Waals surface area contributed by atoms with Crippen molar-refractivity contribution in [3.05, 3.63) is 24.0 Å². The Morgan fingerprint density at radius 2 is 2.33 bits per heavy atom. The summed E-state index contributed by atoms with van der Waals surface area (Å²) >= 11 is 0. The molecule has 1 atom stereocenters. The van der Waals surface area contributed by atoms with Gasteiger partial charge in [0.25, 0.3) is 0 Å². The van der Waals surface area contributed by atoms with Gasteiger partial charge in [-0.15, -0.1) is 0 Å². The van der Waals surface area contributed by atoms with E-state index in [1.807, 2.05) is 6.20 Å². The summed E-state index contributed by atoms with van der Waals surface area (Å²) in [6.07, 6.45) is 5.73. The zero-order valence-corrected chi connectivity index (χ0v) is 11.7. The molecule has 0 spiro atoms. The predicted octanol–water partition coefficient (Wildman–Crippen LogP) is 3.14. The Balaban J connectivity index is 1.89. The van der Waals surface area contributed by atoms with E-state index in [0.717, 1.165) is 25.4 Å². The Morgan fingerprint density at radius 1 is 1.44 bits per heavy atom. The average molecular weight is 247 g/mol. The van der Waals surface area contributed by atoms with E-state index in [2.05, 4.69) is 41.2 Å². The van der Waals surface area contributed by atoms with Crippen molar-refractivity contribution in [3.8, 4) is 0 Å². The van der Waals surface area contributed by atoms with Gasteiger partial charge in [-0.1, -0.05) is 20.3 Å². The Morgan fingerprint density at radius 3 is 3.06 bits per heavy atom. The maximum absolute atomic E-state index is 4.48. The van der Waals surface area contributed by atoms with Crippen LogP contribution in [-0.4, -0.2) is 29.5 Å². The summed E-state index contributed by atoms with van der Waals surface area (Å²) in [5.74, 6) is 0.895. The largest absolute Gasteiger partial charge is 0.385 e. The predicted molar refractivity (Wildman–Crippen MR) is 76.7 cm³/mol. The van der Waals surface area contributed by atoms with Crippen LogP contribution in [0.2, 0.25) is 0 Å². The van der Waals surface area contributed by atoms with Crippen molar-refractivity contribution < 1.29 is 0 Å². The first kappa shape index (κ1) is 13.3. The van der Waals surface area contributed by atoms with Gasteiger partial charge < -0.3 is 5.32 Å². The minimum atomic E-state index is 0.895. The molecule has 18 heavy (non-hydrogen) atoms.